The van der Waals surface area contributed by atoms with Crippen LogP contribution in [0, 0.1) is 0 Å². The van der Waals surface area contributed by atoms with Crippen LogP contribution in [0.25, 0.3) is 0 Å². The van der Waals surface area contributed by atoms with Gasteiger partial charge in [0, 0.05) is 18.7 Å². The monoisotopic (exact) mass is 321 g/mol. The van der Waals surface area contributed by atoms with Crippen molar-refractivity contribution in [2.45, 2.75) is 39.1 Å². The van der Waals surface area contributed by atoms with Crippen molar-refractivity contribution in [3.8, 4) is 0 Å². The number of carboxylic acids is 1. The average molecular weight is 321 g/mol. The maximum Gasteiger partial charge on any atom is 0.306 e. The van der Waals surface area contributed by atoms with Gasteiger partial charge in [0.05, 0.1) is 31.8 Å². The minimum atomic E-state index is -0.918. The van der Waals surface area contributed by atoms with Crippen molar-refractivity contribution in [3.63, 3.8) is 0 Å². The Hall–Kier alpha value is -1.92. The maximum atomic E-state index is 12.5. The van der Waals surface area contributed by atoms with Crippen molar-refractivity contribution in [1.82, 2.24) is 4.90 Å². The van der Waals surface area contributed by atoms with Crippen LogP contribution in [0.5, 0.6) is 0 Å². The predicted molar refractivity (Wildman–Crippen MR) is 84.3 cm³/mol. The Balaban J connectivity index is 1.95. The molecule has 6 heteroatoms. The van der Waals surface area contributed by atoms with Crippen LogP contribution in [-0.4, -0.2) is 53.8 Å². The quantitative estimate of drug-likeness (QED) is 0.866. The zero-order valence-electron chi connectivity index (χ0n) is 13.5. The van der Waals surface area contributed by atoms with E-state index in [0.29, 0.717) is 31.9 Å². The second-order valence-corrected chi connectivity index (χ2v) is 5.90. The molecule has 6 nitrogen and oxygen atoms in total. The minimum Gasteiger partial charge on any atom is -0.481 e. The highest BCUT2D eigenvalue weighted by Crippen LogP contribution is 2.14. The summed E-state index contributed by atoms with van der Waals surface area (Å²) in [7, 11) is 0. The standard InChI is InChI=1S/C17H23NO5/c1-12(2)23-11-13-3-5-14(6-4-13)17(21)18-7-8-22-15(10-18)9-16(19)20/h3-6,12,15H,7-11H2,1-2H3,(H,19,20). The lowest BCUT2D eigenvalue weighted by atomic mass is 10.1. The Labute approximate surface area is 136 Å². The molecule has 0 aromatic heterocycles. The summed E-state index contributed by atoms with van der Waals surface area (Å²) < 4.78 is 10.9. The SMILES string of the molecule is CC(C)OCc1ccc(C(=O)N2CCOC(CC(=O)O)C2)cc1. The van der Waals surface area contributed by atoms with E-state index in [4.69, 9.17) is 14.6 Å². The summed E-state index contributed by atoms with van der Waals surface area (Å²) >= 11 is 0. The molecule has 1 aliphatic rings. The van der Waals surface area contributed by atoms with Gasteiger partial charge in [0.25, 0.3) is 5.91 Å². The summed E-state index contributed by atoms with van der Waals surface area (Å²) in [5.74, 6) is -1.01. The Morgan fingerprint density at radius 3 is 2.65 bits per heavy atom. The van der Waals surface area contributed by atoms with Crippen LogP contribution in [0.3, 0.4) is 0 Å². The number of hydrogen-bond donors (Lipinski definition) is 1. The fourth-order valence-corrected chi connectivity index (χ4v) is 2.41. The van der Waals surface area contributed by atoms with Crippen LogP contribution in [-0.2, 0) is 20.9 Å². The number of aliphatic carboxylic acids is 1. The Morgan fingerprint density at radius 1 is 1.35 bits per heavy atom. The first-order valence-corrected chi connectivity index (χ1v) is 7.79. The maximum absolute atomic E-state index is 12.5. The van der Waals surface area contributed by atoms with E-state index in [-0.39, 0.29) is 18.4 Å². The van der Waals surface area contributed by atoms with Crippen LogP contribution in [0.4, 0.5) is 0 Å². The van der Waals surface area contributed by atoms with E-state index >= 15 is 0 Å². The number of benzene rings is 1. The first-order valence-electron chi connectivity index (χ1n) is 7.79. The summed E-state index contributed by atoms with van der Waals surface area (Å²) in [6.45, 7) is 5.62. The highest BCUT2D eigenvalue weighted by atomic mass is 16.5. The molecular formula is C17H23NO5. The molecule has 1 aromatic carbocycles. The van der Waals surface area contributed by atoms with E-state index < -0.39 is 12.1 Å². The van der Waals surface area contributed by atoms with Gasteiger partial charge in [-0.05, 0) is 31.5 Å². The number of carbonyl (C=O) groups is 2. The highest BCUT2D eigenvalue weighted by molar-refractivity contribution is 5.94. The number of hydrogen-bond acceptors (Lipinski definition) is 4. The molecule has 1 N–H and O–H groups in total. The zero-order valence-corrected chi connectivity index (χ0v) is 13.5. The van der Waals surface area contributed by atoms with E-state index in [9.17, 15) is 9.59 Å². The number of carbonyl (C=O) groups excluding carboxylic acids is 1. The molecule has 1 atom stereocenters. The average Bonchev–Trinajstić information content (AvgIpc) is 2.52. The molecule has 0 spiro atoms. The normalized spacial score (nSPS) is 18.2. The fourth-order valence-electron chi connectivity index (χ4n) is 2.41. The molecular weight excluding hydrogens is 298 g/mol. The summed E-state index contributed by atoms with van der Waals surface area (Å²) in [4.78, 5) is 24.9. The molecule has 0 saturated carbocycles. The summed E-state index contributed by atoms with van der Waals surface area (Å²) in [5, 5.41) is 8.83. The molecule has 1 fully saturated rings. The lowest BCUT2D eigenvalue weighted by Crippen LogP contribution is -2.46. The van der Waals surface area contributed by atoms with Crippen LogP contribution >= 0.6 is 0 Å². The Morgan fingerprint density at radius 2 is 2.04 bits per heavy atom. The number of amides is 1. The summed E-state index contributed by atoms with van der Waals surface area (Å²) in [6.07, 6.45) is -0.366. The van der Waals surface area contributed by atoms with E-state index in [2.05, 4.69) is 0 Å². The molecule has 1 saturated heterocycles. The van der Waals surface area contributed by atoms with Crippen LogP contribution < -0.4 is 0 Å². The van der Waals surface area contributed by atoms with E-state index in [0.717, 1.165) is 5.56 Å². The number of rotatable bonds is 6. The van der Waals surface area contributed by atoms with Crippen LogP contribution in [0.2, 0.25) is 0 Å². The fraction of sp³-hybridized carbons (Fsp3) is 0.529. The summed E-state index contributed by atoms with van der Waals surface area (Å²) in [6, 6.07) is 7.32. The van der Waals surface area contributed by atoms with Gasteiger partial charge in [-0.15, -0.1) is 0 Å². The third-order valence-electron chi connectivity index (χ3n) is 3.61. The number of carboxylic acid groups (broad SMARTS) is 1. The molecule has 1 aromatic rings. The molecule has 126 valence electrons. The molecule has 0 bridgehead atoms. The van der Waals surface area contributed by atoms with Crippen molar-refractivity contribution >= 4 is 11.9 Å². The first kappa shape index (κ1) is 17.4. The molecule has 1 amide bonds. The van der Waals surface area contributed by atoms with Crippen molar-refractivity contribution in [1.29, 1.82) is 0 Å². The van der Waals surface area contributed by atoms with Gasteiger partial charge in [0.15, 0.2) is 0 Å². The number of ether oxygens (including phenoxy) is 2. The molecule has 0 aliphatic carbocycles. The Bertz CT molecular complexity index is 540. The van der Waals surface area contributed by atoms with Crippen molar-refractivity contribution in [3.05, 3.63) is 35.4 Å². The van der Waals surface area contributed by atoms with Gasteiger partial charge in [0.1, 0.15) is 0 Å². The molecule has 23 heavy (non-hydrogen) atoms. The van der Waals surface area contributed by atoms with Gasteiger partial charge < -0.3 is 19.5 Å². The van der Waals surface area contributed by atoms with Crippen LogP contribution in [0.15, 0.2) is 24.3 Å². The van der Waals surface area contributed by atoms with Gasteiger partial charge in [-0.2, -0.15) is 0 Å². The second kappa shape index (κ2) is 8.08. The van der Waals surface area contributed by atoms with Crippen molar-refractivity contribution in [2.24, 2.45) is 0 Å². The minimum absolute atomic E-state index is 0.0880. The Kier molecular flexibility index (Phi) is 6.12. The van der Waals surface area contributed by atoms with Crippen molar-refractivity contribution < 1.29 is 24.2 Å². The van der Waals surface area contributed by atoms with E-state index in [1.54, 1.807) is 17.0 Å². The molecule has 1 unspecified atom stereocenters. The van der Waals surface area contributed by atoms with Crippen molar-refractivity contribution in [2.75, 3.05) is 19.7 Å². The predicted octanol–water partition coefficient (Wildman–Crippen LogP) is 1.93. The lowest BCUT2D eigenvalue weighted by Gasteiger charge is -2.32. The van der Waals surface area contributed by atoms with Gasteiger partial charge in [-0.3, -0.25) is 9.59 Å². The molecule has 1 aliphatic heterocycles. The van der Waals surface area contributed by atoms with E-state index in [1.165, 1.54) is 0 Å². The van der Waals surface area contributed by atoms with Crippen LogP contribution in [0.1, 0.15) is 36.2 Å². The topological polar surface area (TPSA) is 76.1 Å². The highest BCUT2D eigenvalue weighted by Gasteiger charge is 2.26. The number of nitrogens with zero attached hydrogens (tertiary/aromatic N) is 1. The largest absolute Gasteiger partial charge is 0.481 e. The number of morpholine rings is 1. The van der Waals surface area contributed by atoms with E-state index in [1.807, 2.05) is 26.0 Å². The van der Waals surface area contributed by atoms with Gasteiger partial charge >= 0.3 is 5.97 Å². The molecule has 2 rings (SSSR count). The lowest BCUT2D eigenvalue weighted by molar-refractivity contribution is -0.141. The smallest absolute Gasteiger partial charge is 0.306 e. The van der Waals surface area contributed by atoms with Gasteiger partial charge in [0.2, 0.25) is 0 Å². The first-order chi connectivity index (χ1) is 11.0. The van der Waals surface area contributed by atoms with Gasteiger partial charge in [-0.1, -0.05) is 12.1 Å². The third-order valence-corrected chi connectivity index (χ3v) is 3.61. The van der Waals surface area contributed by atoms with Gasteiger partial charge in [-0.25, -0.2) is 0 Å². The third kappa shape index (κ3) is 5.33. The second-order valence-electron chi connectivity index (χ2n) is 5.90. The zero-order chi connectivity index (χ0) is 16.8. The summed E-state index contributed by atoms with van der Waals surface area (Å²) in [5.41, 5.74) is 1.61. The molecule has 1 heterocycles. The molecule has 0 radical (unpaired) electrons.